The van der Waals surface area contributed by atoms with Crippen molar-refractivity contribution in [1.82, 2.24) is 23.8 Å². The Labute approximate surface area is 187 Å². The highest BCUT2D eigenvalue weighted by Gasteiger charge is 2.45. The molecule has 1 aromatic carbocycles. The van der Waals surface area contributed by atoms with E-state index in [1.54, 1.807) is 0 Å². The van der Waals surface area contributed by atoms with E-state index in [0.29, 0.717) is 0 Å². The predicted molar refractivity (Wildman–Crippen MR) is 112 cm³/mol. The summed E-state index contributed by atoms with van der Waals surface area (Å²) in [6.07, 6.45) is -2.67. The van der Waals surface area contributed by atoms with Crippen LogP contribution in [0.5, 0.6) is 5.75 Å². The van der Waals surface area contributed by atoms with Crippen LogP contribution in [0.15, 0.2) is 35.7 Å². The van der Waals surface area contributed by atoms with Gasteiger partial charge in [0.25, 0.3) is 5.91 Å². The van der Waals surface area contributed by atoms with Crippen LogP contribution in [0.1, 0.15) is 16.6 Å². The van der Waals surface area contributed by atoms with Crippen LogP contribution < -0.4 is 11.5 Å². The molecule has 7 N–H and O–H groups in total. The number of anilines is 1. The molecule has 15 heteroatoms. The molecule has 1 aliphatic heterocycles. The van der Waals surface area contributed by atoms with E-state index in [4.69, 9.17) is 16.2 Å². The SMILES string of the molecule is CN(C[C@H]1O[C@@H](n2cnc3c(N)ncnc32)[C@H](O)[C@@H]1O)S(=O)(=O)c1cccc(C(N)=O)c1O. The minimum absolute atomic E-state index is 0.118. The van der Waals surface area contributed by atoms with Crippen LogP contribution in [0.4, 0.5) is 5.82 Å². The van der Waals surface area contributed by atoms with Crippen molar-refractivity contribution < 1.29 is 33.3 Å². The molecule has 2 aromatic heterocycles. The summed E-state index contributed by atoms with van der Waals surface area (Å²) < 4.78 is 33.9. The number of aromatic nitrogens is 4. The van der Waals surface area contributed by atoms with E-state index in [-0.39, 0.29) is 29.1 Å². The number of amides is 1. The number of fused-ring (bicyclic) bond motifs is 1. The van der Waals surface area contributed by atoms with Crippen LogP contribution in [0.25, 0.3) is 11.2 Å². The quantitative estimate of drug-likeness (QED) is 0.264. The molecule has 1 aliphatic rings. The van der Waals surface area contributed by atoms with Crippen molar-refractivity contribution in [2.24, 2.45) is 5.73 Å². The van der Waals surface area contributed by atoms with E-state index in [9.17, 15) is 28.5 Å². The zero-order valence-corrected chi connectivity index (χ0v) is 18.0. The first-order valence-corrected chi connectivity index (χ1v) is 11.0. The molecule has 33 heavy (non-hydrogen) atoms. The van der Waals surface area contributed by atoms with E-state index in [1.165, 1.54) is 36.4 Å². The molecule has 176 valence electrons. The number of likely N-dealkylation sites (N-methyl/N-ethyl adjacent to an activating group) is 1. The van der Waals surface area contributed by atoms with E-state index in [0.717, 1.165) is 10.4 Å². The van der Waals surface area contributed by atoms with Crippen LogP contribution in [0.3, 0.4) is 0 Å². The van der Waals surface area contributed by atoms with Gasteiger partial charge in [-0.25, -0.2) is 23.4 Å². The molecule has 0 bridgehead atoms. The summed E-state index contributed by atoms with van der Waals surface area (Å²) >= 11 is 0. The van der Waals surface area contributed by atoms with E-state index in [2.05, 4.69) is 15.0 Å². The molecule has 1 fully saturated rings. The molecule has 0 saturated carbocycles. The number of nitrogens with two attached hydrogens (primary N) is 2. The van der Waals surface area contributed by atoms with Crippen LogP contribution in [0.2, 0.25) is 0 Å². The Morgan fingerprint density at radius 1 is 1.24 bits per heavy atom. The number of rotatable bonds is 6. The Morgan fingerprint density at radius 2 is 1.97 bits per heavy atom. The first-order valence-electron chi connectivity index (χ1n) is 9.56. The molecule has 0 spiro atoms. The Kier molecular flexibility index (Phi) is 5.67. The van der Waals surface area contributed by atoms with Gasteiger partial charge in [0, 0.05) is 13.6 Å². The van der Waals surface area contributed by atoms with Gasteiger partial charge >= 0.3 is 0 Å². The second-order valence-electron chi connectivity index (χ2n) is 7.43. The fraction of sp³-hybridized carbons (Fsp3) is 0.333. The van der Waals surface area contributed by atoms with Crippen molar-refractivity contribution in [3.63, 3.8) is 0 Å². The minimum atomic E-state index is -4.32. The average molecular weight is 479 g/mol. The van der Waals surface area contributed by atoms with Gasteiger partial charge in [0.1, 0.15) is 40.8 Å². The summed E-state index contributed by atoms with van der Waals surface area (Å²) in [4.78, 5) is 22.9. The van der Waals surface area contributed by atoms with Crippen molar-refractivity contribution in [3.8, 4) is 5.75 Å². The number of sulfonamides is 1. The summed E-state index contributed by atoms with van der Waals surface area (Å²) in [6, 6.07) is 3.56. The molecule has 0 radical (unpaired) electrons. The number of hydrogen-bond acceptors (Lipinski definition) is 11. The highest BCUT2D eigenvalue weighted by molar-refractivity contribution is 7.89. The van der Waals surface area contributed by atoms with Gasteiger partial charge in [-0.15, -0.1) is 0 Å². The van der Waals surface area contributed by atoms with Crippen molar-refractivity contribution in [2.75, 3.05) is 19.3 Å². The topological polar surface area (TPSA) is 220 Å². The summed E-state index contributed by atoms with van der Waals surface area (Å²) in [5.74, 6) is -1.67. The highest BCUT2D eigenvalue weighted by atomic mass is 32.2. The van der Waals surface area contributed by atoms with Crippen molar-refractivity contribution >= 4 is 32.9 Å². The van der Waals surface area contributed by atoms with E-state index >= 15 is 0 Å². The lowest BCUT2D eigenvalue weighted by molar-refractivity contribution is -0.0376. The average Bonchev–Trinajstić information content (AvgIpc) is 3.31. The molecule has 1 saturated heterocycles. The summed E-state index contributed by atoms with van der Waals surface area (Å²) in [5.41, 5.74) is 11.1. The maximum atomic E-state index is 13.0. The molecule has 0 unspecified atom stereocenters. The van der Waals surface area contributed by atoms with E-state index < -0.39 is 51.1 Å². The van der Waals surface area contributed by atoms with Gasteiger partial charge in [-0.2, -0.15) is 4.31 Å². The second-order valence-corrected chi connectivity index (χ2v) is 9.44. The number of nitrogens with zero attached hydrogens (tertiary/aromatic N) is 5. The maximum absolute atomic E-state index is 13.0. The zero-order valence-electron chi connectivity index (χ0n) is 17.2. The molecule has 3 heterocycles. The number of carbonyl (C=O) groups is 1. The summed E-state index contributed by atoms with van der Waals surface area (Å²) in [6.45, 7) is -0.388. The second kappa shape index (κ2) is 8.20. The minimum Gasteiger partial charge on any atom is -0.506 e. The van der Waals surface area contributed by atoms with Crippen molar-refractivity contribution in [1.29, 1.82) is 0 Å². The molecule has 14 nitrogen and oxygen atoms in total. The number of carbonyl (C=O) groups excluding carboxylic acids is 1. The van der Waals surface area contributed by atoms with Gasteiger partial charge in [0.05, 0.1) is 11.9 Å². The van der Waals surface area contributed by atoms with Crippen molar-refractivity contribution in [2.45, 2.75) is 29.4 Å². The largest absolute Gasteiger partial charge is 0.506 e. The third-order valence-electron chi connectivity index (χ3n) is 5.39. The fourth-order valence-electron chi connectivity index (χ4n) is 3.61. The molecule has 0 aliphatic carbocycles. The standard InChI is InChI=1S/C18H21N7O7S/c1-24(33(30,31)10-4-2-3-8(12(10)26)16(20)29)5-9-13(27)14(28)18(32-9)25-7-23-11-15(19)21-6-22-17(11)25/h2-4,6-7,9,13-14,18,26-28H,5H2,1H3,(H2,20,29)(H2,19,21,22)/t9-,13-,14-,18-/m1/s1. The third-order valence-corrected chi connectivity index (χ3v) is 7.24. The fourth-order valence-corrected chi connectivity index (χ4v) is 4.90. The lowest BCUT2D eigenvalue weighted by Crippen LogP contribution is -2.40. The first-order chi connectivity index (χ1) is 15.5. The van der Waals surface area contributed by atoms with Gasteiger partial charge in [0.2, 0.25) is 10.0 Å². The number of benzene rings is 1. The third kappa shape index (κ3) is 3.75. The number of para-hydroxylation sites is 1. The lowest BCUT2D eigenvalue weighted by atomic mass is 10.1. The van der Waals surface area contributed by atoms with Gasteiger partial charge in [-0.1, -0.05) is 6.07 Å². The predicted octanol–water partition coefficient (Wildman–Crippen LogP) is -1.85. The number of nitrogen functional groups attached to an aromatic ring is 1. The number of phenols is 1. The number of hydrogen-bond donors (Lipinski definition) is 5. The summed E-state index contributed by atoms with van der Waals surface area (Å²) in [7, 11) is -3.12. The molecular formula is C18H21N7O7S. The number of aliphatic hydroxyl groups excluding tert-OH is 2. The Bertz CT molecular complexity index is 1330. The number of aromatic hydroxyl groups is 1. The molecule has 4 atom stereocenters. The van der Waals surface area contributed by atoms with Gasteiger partial charge in [0.15, 0.2) is 17.7 Å². The normalized spacial score (nSPS) is 23.4. The van der Waals surface area contributed by atoms with Crippen LogP contribution >= 0.6 is 0 Å². The maximum Gasteiger partial charge on any atom is 0.252 e. The Balaban J connectivity index is 1.59. The highest BCUT2D eigenvalue weighted by Crippen LogP contribution is 2.34. The summed E-state index contributed by atoms with van der Waals surface area (Å²) in [5, 5.41) is 31.3. The van der Waals surface area contributed by atoms with Crippen LogP contribution in [-0.4, -0.2) is 85.4 Å². The van der Waals surface area contributed by atoms with Gasteiger partial charge < -0.3 is 31.5 Å². The molecular weight excluding hydrogens is 458 g/mol. The molecule has 4 rings (SSSR count). The van der Waals surface area contributed by atoms with Crippen LogP contribution in [-0.2, 0) is 14.8 Å². The van der Waals surface area contributed by atoms with Gasteiger partial charge in [-0.3, -0.25) is 9.36 Å². The number of primary amides is 1. The number of aliphatic hydroxyl groups is 2. The van der Waals surface area contributed by atoms with Crippen LogP contribution in [0, 0.1) is 0 Å². The molecule has 1 amide bonds. The zero-order chi connectivity index (χ0) is 24.1. The lowest BCUT2D eigenvalue weighted by Gasteiger charge is -2.23. The smallest absolute Gasteiger partial charge is 0.252 e. The van der Waals surface area contributed by atoms with Gasteiger partial charge in [-0.05, 0) is 12.1 Å². The van der Waals surface area contributed by atoms with E-state index in [1.807, 2.05) is 0 Å². The first kappa shape index (κ1) is 22.8. The Morgan fingerprint density at radius 3 is 2.67 bits per heavy atom. The number of imidazole rings is 1. The van der Waals surface area contributed by atoms with Crippen molar-refractivity contribution in [3.05, 3.63) is 36.4 Å². The Hall–Kier alpha value is -3.37. The number of ether oxygens (including phenoxy) is 1. The molecule has 3 aromatic rings. The monoisotopic (exact) mass is 479 g/mol.